The van der Waals surface area contributed by atoms with E-state index in [0.29, 0.717) is 28.5 Å². The molecule has 1 aliphatic rings. The lowest BCUT2D eigenvalue weighted by molar-refractivity contribution is 0.0603. The lowest BCUT2D eigenvalue weighted by Gasteiger charge is -2.07. The third-order valence-electron chi connectivity index (χ3n) is 4.88. The minimum atomic E-state index is -0.411. The van der Waals surface area contributed by atoms with Crippen molar-refractivity contribution in [2.24, 2.45) is 0 Å². The number of hydrogen-bond acceptors (Lipinski definition) is 5. The van der Waals surface area contributed by atoms with Gasteiger partial charge in [-0.1, -0.05) is 6.07 Å². The molecule has 1 aliphatic carbocycles. The van der Waals surface area contributed by atoms with Gasteiger partial charge in [0.1, 0.15) is 5.82 Å². The Morgan fingerprint density at radius 2 is 2.04 bits per heavy atom. The Morgan fingerprint density at radius 1 is 1.25 bits per heavy atom. The minimum absolute atomic E-state index is 0.307. The number of ether oxygens (including phenoxy) is 1. The predicted octanol–water partition coefficient (Wildman–Crippen LogP) is 4.95. The molecule has 0 spiro atoms. The van der Waals surface area contributed by atoms with Gasteiger partial charge in [0.05, 0.1) is 40.0 Å². The molecule has 1 aromatic carbocycles. The summed E-state index contributed by atoms with van der Waals surface area (Å²) in [6.45, 7) is 0. The molecule has 0 amide bonds. The summed E-state index contributed by atoms with van der Waals surface area (Å²) in [5, 5.41) is 7.46. The van der Waals surface area contributed by atoms with Gasteiger partial charge in [-0.3, -0.25) is 0 Å². The van der Waals surface area contributed by atoms with Crippen LogP contribution < -0.4 is 0 Å². The molecule has 1 fully saturated rings. The second-order valence-corrected chi connectivity index (χ2v) is 7.72. The molecule has 0 saturated heterocycles. The normalized spacial score (nSPS) is 13.8. The van der Waals surface area contributed by atoms with Crippen molar-refractivity contribution in [3.63, 3.8) is 0 Å². The molecular weight excluding hydrogens is 377 g/mol. The lowest BCUT2D eigenvalue weighted by atomic mass is 10.1. The summed E-state index contributed by atoms with van der Waals surface area (Å²) in [7, 11) is 1.38. The summed E-state index contributed by atoms with van der Waals surface area (Å²) in [6, 6.07) is 11.8. The summed E-state index contributed by atoms with van der Waals surface area (Å²) in [4.78, 5) is 18.4. The van der Waals surface area contributed by atoms with E-state index in [9.17, 15) is 9.18 Å². The summed E-state index contributed by atoms with van der Waals surface area (Å²) < 4.78 is 20.2. The van der Waals surface area contributed by atoms with Crippen LogP contribution >= 0.6 is 11.3 Å². The van der Waals surface area contributed by atoms with E-state index in [0.717, 1.165) is 28.8 Å². The number of rotatable bonds is 4. The fourth-order valence-electron chi connectivity index (χ4n) is 3.37. The first-order valence-electron chi connectivity index (χ1n) is 8.97. The van der Waals surface area contributed by atoms with E-state index in [2.05, 4.69) is 0 Å². The predicted molar refractivity (Wildman–Crippen MR) is 105 cm³/mol. The summed E-state index contributed by atoms with van der Waals surface area (Å²) >= 11 is 1.55. The topological polar surface area (TPSA) is 57.0 Å². The number of aromatic nitrogens is 3. The van der Waals surface area contributed by atoms with Gasteiger partial charge in [0.25, 0.3) is 0 Å². The number of carbonyl (C=O) groups is 1. The van der Waals surface area contributed by atoms with Crippen LogP contribution in [-0.4, -0.2) is 27.8 Å². The van der Waals surface area contributed by atoms with Crippen LogP contribution in [0.3, 0.4) is 0 Å². The van der Waals surface area contributed by atoms with Crippen molar-refractivity contribution in [2.75, 3.05) is 7.11 Å². The molecule has 0 bridgehead atoms. The first-order valence-corrected chi connectivity index (χ1v) is 9.85. The van der Waals surface area contributed by atoms with E-state index in [1.165, 1.54) is 19.2 Å². The maximum absolute atomic E-state index is 13.4. The molecule has 0 atom stereocenters. The van der Waals surface area contributed by atoms with E-state index in [-0.39, 0.29) is 5.82 Å². The van der Waals surface area contributed by atoms with Gasteiger partial charge >= 0.3 is 5.97 Å². The number of halogens is 1. The Hall–Kier alpha value is -3.06. The number of fused-ring (bicyclic) bond motifs is 1. The van der Waals surface area contributed by atoms with Crippen LogP contribution in [0.5, 0.6) is 0 Å². The highest BCUT2D eigenvalue weighted by atomic mass is 32.1. The average Bonchev–Trinajstić information content (AvgIpc) is 3.27. The SMILES string of the molecule is COC(=O)c1cc(-c2cccs2)nc2c1c(C1CC1)nn2-c1ccc(F)cc1. The van der Waals surface area contributed by atoms with E-state index in [1.807, 2.05) is 17.5 Å². The van der Waals surface area contributed by atoms with Gasteiger partial charge in [0.15, 0.2) is 5.65 Å². The number of hydrogen-bond donors (Lipinski definition) is 0. The molecule has 1 saturated carbocycles. The van der Waals surface area contributed by atoms with E-state index < -0.39 is 5.97 Å². The smallest absolute Gasteiger partial charge is 0.338 e. The maximum Gasteiger partial charge on any atom is 0.338 e. The number of thiophene rings is 1. The van der Waals surface area contributed by atoms with Crippen molar-refractivity contribution in [3.8, 4) is 16.3 Å². The largest absolute Gasteiger partial charge is 0.465 e. The zero-order valence-electron chi connectivity index (χ0n) is 15.1. The molecule has 0 aliphatic heterocycles. The highest BCUT2D eigenvalue weighted by molar-refractivity contribution is 7.13. The number of esters is 1. The molecule has 0 unspecified atom stereocenters. The van der Waals surface area contributed by atoms with Crippen LogP contribution in [-0.2, 0) is 4.74 Å². The number of benzene rings is 1. The first-order chi connectivity index (χ1) is 13.7. The van der Waals surface area contributed by atoms with Crippen molar-refractivity contribution in [1.82, 2.24) is 14.8 Å². The quantitative estimate of drug-likeness (QED) is 0.460. The Bertz CT molecular complexity index is 1180. The van der Waals surface area contributed by atoms with Crippen molar-refractivity contribution in [1.29, 1.82) is 0 Å². The van der Waals surface area contributed by atoms with E-state index in [1.54, 1.807) is 34.2 Å². The zero-order chi connectivity index (χ0) is 19.3. The molecular formula is C21H16FN3O2S. The second kappa shape index (κ2) is 6.53. The van der Waals surface area contributed by atoms with Crippen LogP contribution in [0.25, 0.3) is 27.3 Å². The van der Waals surface area contributed by atoms with Gasteiger partial charge in [0, 0.05) is 5.92 Å². The minimum Gasteiger partial charge on any atom is -0.465 e. The average molecular weight is 393 g/mol. The number of nitrogens with zero attached hydrogens (tertiary/aromatic N) is 3. The number of carbonyl (C=O) groups excluding carboxylic acids is 1. The van der Waals surface area contributed by atoms with Gasteiger partial charge < -0.3 is 4.74 Å². The fourth-order valence-corrected chi connectivity index (χ4v) is 4.06. The molecule has 3 heterocycles. The summed E-state index contributed by atoms with van der Waals surface area (Å²) in [5.74, 6) is -0.419. The third-order valence-corrected chi connectivity index (χ3v) is 5.77. The molecule has 140 valence electrons. The molecule has 3 aromatic heterocycles. The zero-order valence-corrected chi connectivity index (χ0v) is 15.9. The van der Waals surface area contributed by atoms with Crippen LogP contribution in [0.2, 0.25) is 0 Å². The second-order valence-electron chi connectivity index (χ2n) is 6.77. The van der Waals surface area contributed by atoms with Crippen molar-refractivity contribution < 1.29 is 13.9 Å². The molecule has 4 aromatic rings. The van der Waals surface area contributed by atoms with Crippen LogP contribution in [0, 0.1) is 5.82 Å². The molecule has 7 heteroatoms. The Kier molecular flexibility index (Phi) is 3.98. The standard InChI is InChI=1S/C21H16FN3O2S/c1-27-21(26)15-11-16(17-3-2-10-28-17)23-20-18(15)19(12-4-5-12)24-25(20)14-8-6-13(22)7-9-14/h2-3,6-12H,4-5H2,1H3. The molecule has 0 radical (unpaired) electrons. The van der Waals surface area contributed by atoms with Gasteiger partial charge in [-0.15, -0.1) is 11.3 Å². The highest BCUT2D eigenvalue weighted by Gasteiger charge is 2.33. The van der Waals surface area contributed by atoms with Crippen LogP contribution in [0.1, 0.15) is 34.8 Å². The highest BCUT2D eigenvalue weighted by Crippen LogP contribution is 2.44. The van der Waals surface area contributed by atoms with Crippen molar-refractivity contribution in [2.45, 2.75) is 18.8 Å². The van der Waals surface area contributed by atoms with Gasteiger partial charge in [-0.2, -0.15) is 5.10 Å². The maximum atomic E-state index is 13.4. The summed E-state index contributed by atoms with van der Waals surface area (Å²) in [5.41, 5.74) is 3.29. The summed E-state index contributed by atoms with van der Waals surface area (Å²) in [6.07, 6.45) is 2.06. The Morgan fingerprint density at radius 3 is 2.68 bits per heavy atom. The molecule has 5 nitrogen and oxygen atoms in total. The van der Waals surface area contributed by atoms with Crippen LogP contribution in [0.4, 0.5) is 4.39 Å². The molecule has 5 rings (SSSR count). The van der Waals surface area contributed by atoms with Gasteiger partial charge in [-0.05, 0) is 54.6 Å². The van der Waals surface area contributed by atoms with E-state index in [4.69, 9.17) is 14.8 Å². The monoisotopic (exact) mass is 393 g/mol. The Balaban J connectivity index is 1.84. The molecule has 28 heavy (non-hydrogen) atoms. The van der Waals surface area contributed by atoms with E-state index >= 15 is 0 Å². The van der Waals surface area contributed by atoms with Crippen molar-refractivity contribution >= 4 is 28.3 Å². The fraction of sp³-hybridized carbons (Fsp3) is 0.190. The number of pyridine rings is 1. The lowest BCUT2D eigenvalue weighted by Crippen LogP contribution is -2.05. The third kappa shape index (κ3) is 2.79. The van der Waals surface area contributed by atoms with Crippen molar-refractivity contribution in [3.05, 3.63) is 64.9 Å². The van der Waals surface area contributed by atoms with Gasteiger partial charge in [-0.25, -0.2) is 18.9 Å². The van der Waals surface area contributed by atoms with Crippen LogP contribution in [0.15, 0.2) is 47.8 Å². The Labute approximate surface area is 164 Å². The molecule has 0 N–H and O–H groups in total. The number of methoxy groups -OCH3 is 1. The first kappa shape index (κ1) is 17.1. The van der Waals surface area contributed by atoms with Gasteiger partial charge in [0.2, 0.25) is 0 Å².